The molecule has 0 saturated carbocycles. The van der Waals surface area contributed by atoms with Gasteiger partial charge in [0.1, 0.15) is 11.5 Å². The van der Waals surface area contributed by atoms with E-state index in [0.717, 1.165) is 39.4 Å². The molecule has 0 unspecified atom stereocenters. The van der Waals surface area contributed by atoms with E-state index in [0.29, 0.717) is 35.7 Å². The van der Waals surface area contributed by atoms with E-state index in [1.807, 2.05) is 60.7 Å². The summed E-state index contributed by atoms with van der Waals surface area (Å²) in [5.41, 5.74) is 9.83. The van der Waals surface area contributed by atoms with Crippen LogP contribution >= 0.6 is 0 Å². The standard InChI is InChI=1S/C34H28N4O6/c39-30-15-11-25(18-28(30)35-19-21-5-7-22(8-6-21)33(40)36-42)24-12-16-31-26(17-24)20-38(29-3-1-2-4-32(29)44-31)27-13-9-23(10-14-27)34(41)37-43/h1-18,35,39,42-43H,19-20H2,(H,36,40)(H,37,41). The van der Waals surface area contributed by atoms with Gasteiger partial charge in [-0.2, -0.15) is 0 Å². The summed E-state index contributed by atoms with van der Waals surface area (Å²) in [6.45, 7) is 0.890. The molecule has 1 aliphatic heterocycles. The number of phenols is 1. The summed E-state index contributed by atoms with van der Waals surface area (Å²) in [4.78, 5) is 25.5. The second kappa shape index (κ2) is 12.2. The number of nitrogens with zero attached hydrogens (tertiary/aromatic N) is 1. The molecule has 0 spiro atoms. The molecule has 220 valence electrons. The van der Waals surface area contributed by atoms with Crippen LogP contribution < -0.4 is 25.9 Å². The van der Waals surface area contributed by atoms with Gasteiger partial charge in [-0.05, 0) is 89.5 Å². The summed E-state index contributed by atoms with van der Waals surface area (Å²) in [6, 6.07) is 32.8. The number of hydroxylamine groups is 2. The van der Waals surface area contributed by atoms with Crippen LogP contribution in [0.15, 0.2) is 109 Å². The number of ether oxygens (including phenoxy) is 1. The van der Waals surface area contributed by atoms with E-state index in [-0.39, 0.29) is 5.75 Å². The van der Waals surface area contributed by atoms with E-state index in [9.17, 15) is 14.7 Å². The van der Waals surface area contributed by atoms with Gasteiger partial charge in [-0.3, -0.25) is 20.0 Å². The Morgan fingerprint density at radius 2 is 1.36 bits per heavy atom. The largest absolute Gasteiger partial charge is 0.506 e. The fourth-order valence-corrected chi connectivity index (χ4v) is 5.10. The Morgan fingerprint density at radius 3 is 2.07 bits per heavy atom. The van der Waals surface area contributed by atoms with Crippen molar-refractivity contribution < 1.29 is 29.8 Å². The van der Waals surface area contributed by atoms with Crippen LogP contribution in [0.5, 0.6) is 17.2 Å². The quantitative estimate of drug-likeness (QED) is 0.0733. The fraction of sp³-hybridized carbons (Fsp3) is 0.0588. The zero-order valence-corrected chi connectivity index (χ0v) is 23.3. The monoisotopic (exact) mass is 588 g/mol. The highest BCUT2D eigenvalue weighted by atomic mass is 16.5. The average Bonchev–Trinajstić information content (AvgIpc) is 3.24. The number of hydrogen-bond donors (Lipinski definition) is 6. The minimum atomic E-state index is -0.585. The van der Waals surface area contributed by atoms with Gasteiger partial charge in [0.2, 0.25) is 0 Å². The van der Waals surface area contributed by atoms with E-state index in [4.69, 9.17) is 15.2 Å². The van der Waals surface area contributed by atoms with Crippen molar-refractivity contribution in [1.29, 1.82) is 0 Å². The van der Waals surface area contributed by atoms with Gasteiger partial charge in [0.25, 0.3) is 11.8 Å². The van der Waals surface area contributed by atoms with Crippen LogP contribution in [0.2, 0.25) is 0 Å². The first-order valence-electron chi connectivity index (χ1n) is 13.8. The van der Waals surface area contributed by atoms with Crippen molar-refractivity contribution in [2.24, 2.45) is 0 Å². The number of carbonyl (C=O) groups excluding carboxylic acids is 2. The number of fused-ring (bicyclic) bond motifs is 2. The van der Waals surface area contributed by atoms with Crippen molar-refractivity contribution in [2.75, 3.05) is 10.2 Å². The third-order valence-electron chi connectivity index (χ3n) is 7.44. The Bertz CT molecular complexity index is 1840. The van der Waals surface area contributed by atoms with Gasteiger partial charge in [-0.15, -0.1) is 0 Å². The summed E-state index contributed by atoms with van der Waals surface area (Å²) < 4.78 is 6.36. The van der Waals surface area contributed by atoms with E-state index in [1.165, 1.54) is 0 Å². The van der Waals surface area contributed by atoms with Gasteiger partial charge in [-0.1, -0.05) is 36.4 Å². The molecule has 0 fully saturated rings. The first-order valence-corrected chi connectivity index (χ1v) is 13.8. The Hall–Kier alpha value is -5.84. The predicted molar refractivity (Wildman–Crippen MR) is 165 cm³/mol. The smallest absolute Gasteiger partial charge is 0.274 e. The van der Waals surface area contributed by atoms with Crippen LogP contribution in [0.3, 0.4) is 0 Å². The number of amides is 2. The topological polar surface area (TPSA) is 143 Å². The summed E-state index contributed by atoms with van der Waals surface area (Å²) in [5, 5.41) is 31.6. The molecule has 1 aliphatic rings. The zero-order chi connectivity index (χ0) is 30.6. The molecule has 2 amide bonds. The molecule has 0 saturated heterocycles. The molecular weight excluding hydrogens is 560 g/mol. The van der Waals surface area contributed by atoms with Gasteiger partial charge < -0.3 is 20.1 Å². The number of aromatic hydroxyl groups is 1. The fourth-order valence-electron chi connectivity index (χ4n) is 5.10. The molecule has 0 atom stereocenters. The first kappa shape index (κ1) is 28.3. The highest BCUT2D eigenvalue weighted by Crippen LogP contribution is 2.43. The minimum Gasteiger partial charge on any atom is -0.506 e. The normalized spacial score (nSPS) is 11.8. The van der Waals surface area contributed by atoms with Crippen molar-refractivity contribution in [3.63, 3.8) is 0 Å². The number of nitrogens with one attached hydrogen (secondary N) is 3. The number of anilines is 3. The third kappa shape index (κ3) is 5.75. The van der Waals surface area contributed by atoms with E-state index in [1.54, 1.807) is 53.4 Å². The van der Waals surface area contributed by atoms with Gasteiger partial charge in [0, 0.05) is 28.9 Å². The van der Waals surface area contributed by atoms with Crippen LogP contribution in [0.1, 0.15) is 31.8 Å². The lowest BCUT2D eigenvalue weighted by Gasteiger charge is -2.24. The van der Waals surface area contributed by atoms with E-state index < -0.39 is 11.8 Å². The summed E-state index contributed by atoms with van der Waals surface area (Å²) in [6.07, 6.45) is 0. The zero-order valence-electron chi connectivity index (χ0n) is 23.3. The molecule has 6 rings (SSSR count). The number of carbonyl (C=O) groups is 2. The number of phenolic OH excluding ortho intramolecular Hbond substituents is 1. The van der Waals surface area contributed by atoms with Crippen LogP contribution in [0.25, 0.3) is 11.1 Å². The number of benzene rings is 5. The lowest BCUT2D eigenvalue weighted by molar-refractivity contribution is 0.0702. The second-order valence-corrected chi connectivity index (χ2v) is 10.2. The maximum absolute atomic E-state index is 11.9. The Labute approximate surface area is 252 Å². The Balaban J connectivity index is 1.27. The van der Waals surface area contributed by atoms with E-state index >= 15 is 0 Å². The Kier molecular flexibility index (Phi) is 7.83. The van der Waals surface area contributed by atoms with Gasteiger partial charge in [0.15, 0.2) is 5.75 Å². The SMILES string of the molecule is O=C(NO)c1ccc(CNc2cc(-c3ccc4c(c3)CN(c3ccc(C(=O)NO)cc3)c3ccccc3O4)ccc2O)cc1. The molecule has 0 aromatic heterocycles. The van der Waals surface area contributed by atoms with Crippen molar-refractivity contribution in [3.05, 3.63) is 131 Å². The van der Waals surface area contributed by atoms with Crippen molar-refractivity contribution >= 4 is 28.9 Å². The number of para-hydroxylation sites is 2. The molecule has 5 aromatic carbocycles. The number of rotatable bonds is 7. The van der Waals surface area contributed by atoms with Crippen LogP contribution in [-0.4, -0.2) is 27.3 Å². The first-order chi connectivity index (χ1) is 21.4. The second-order valence-electron chi connectivity index (χ2n) is 10.2. The van der Waals surface area contributed by atoms with Crippen molar-refractivity contribution in [1.82, 2.24) is 11.0 Å². The molecule has 44 heavy (non-hydrogen) atoms. The highest BCUT2D eigenvalue weighted by molar-refractivity contribution is 5.94. The highest BCUT2D eigenvalue weighted by Gasteiger charge is 2.23. The van der Waals surface area contributed by atoms with Crippen molar-refractivity contribution in [3.8, 4) is 28.4 Å². The molecule has 5 aromatic rings. The lowest BCUT2D eigenvalue weighted by atomic mass is 10.0. The summed E-state index contributed by atoms with van der Waals surface area (Å²) in [7, 11) is 0. The number of hydrogen-bond acceptors (Lipinski definition) is 8. The molecule has 1 heterocycles. The Morgan fingerprint density at radius 1 is 0.727 bits per heavy atom. The molecule has 0 radical (unpaired) electrons. The summed E-state index contributed by atoms with van der Waals surface area (Å²) >= 11 is 0. The van der Waals surface area contributed by atoms with Crippen LogP contribution in [0, 0.1) is 0 Å². The molecule has 0 bridgehead atoms. The van der Waals surface area contributed by atoms with Gasteiger partial charge >= 0.3 is 0 Å². The van der Waals surface area contributed by atoms with Crippen LogP contribution in [0.4, 0.5) is 17.1 Å². The predicted octanol–water partition coefficient (Wildman–Crippen LogP) is 6.35. The maximum Gasteiger partial charge on any atom is 0.274 e. The maximum atomic E-state index is 11.9. The lowest BCUT2D eigenvalue weighted by Crippen LogP contribution is -2.19. The minimum absolute atomic E-state index is 0.100. The molecule has 0 aliphatic carbocycles. The van der Waals surface area contributed by atoms with Gasteiger partial charge in [-0.25, -0.2) is 11.0 Å². The van der Waals surface area contributed by atoms with Gasteiger partial charge in [0.05, 0.1) is 17.9 Å². The molecule has 10 heteroatoms. The van der Waals surface area contributed by atoms with E-state index in [2.05, 4.69) is 16.3 Å². The average molecular weight is 589 g/mol. The van der Waals surface area contributed by atoms with Crippen molar-refractivity contribution in [2.45, 2.75) is 13.1 Å². The molecule has 10 nitrogen and oxygen atoms in total. The summed E-state index contributed by atoms with van der Waals surface area (Å²) in [5.74, 6) is 0.340. The molecular formula is C34H28N4O6. The third-order valence-corrected chi connectivity index (χ3v) is 7.44. The van der Waals surface area contributed by atoms with Crippen LogP contribution in [-0.2, 0) is 13.1 Å². The molecule has 6 N–H and O–H groups in total.